The summed E-state index contributed by atoms with van der Waals surface area (Å²) in [6.45, 7) is 7.13. The molecule has 3 aliphatic rings. The number of fused-ring (bicyclic) bond motifs is 2. The van der Waals surface area contributed by atoms with Gasteiger partial charge in [-0.05, 0) is 46.5 Å². The summed E-state index contributed by atoms with van der Waals surface area (Å²) in [5.41, 5.74) is 4.29. The van der Waals surface area contributed by atoms with Gasteiger partial charge in [0.1, 0.15) is 60.3 Å². The van der Waals surface area contributed by atoms with Crippen LogP contribution in [0, 0.1) is 0 Å². The van der Waals surface area contributed by atoms with Crippen LogP contribution >= 0.6 is 15.6 Å². The lowest BCUT2D eigenvalue weighted by molar-refractivity contribution is -0.301. The van der Waals surface area contributed by atoms with Gasteiger partial charge in [-0.15, -0.1) is 0 Å². The van der Waals surface area contributed by atoms with Crippen LogP contribution in [0.15, 0.2) is 182 Å². The van der Waals surface area contributed by atoms with Crippen molar-refractivity contribution in [2.45, 2.75) is 87.8 Å². The van der Waals surface area contributed by atoms with Crippen molar-refractivity contribution in [2.75, 3.05) is 225 Å². The van der Waals surface area contributed by atoms with Gasteiger partial charge in [-0.1, -0.05) is 158 Å². The van der Waals surface area contributed by atoms with Crippen LogP contribution in [0.4, 0.5) is 0 Å². The van der Waals surface area contributed by atoms with Crippen LogP contribution in [0.3, 0.4) is 0 Å². The summed E-state index contributed by atoms with van der Waals surface area (Å²) in [5, 5.41) is 0. The maximum atomic E-state index is 14.9. The highest BCUT2D eigenvalue weighted by atomic mass is 31.2. The van der Waals surface area contributed by atoms with Gasteiger partial charge in [-0.25, -0.2) is 9.13 Å². The molecule has 34 heteroatoms. The number of para-hydroxylation sites is 2. The molecule has 3 aliphatic heterocycles. The van der Waals surface area contributed by atoms with E-state index in [2.05, 4.69) is 0 Å². The van der Waals surface area contributed by atoms with Crippen molar-refractivity contribution in [1.29, 1.82) is 0 Å². The van der Waals surface area contributed by atoms with Crippen LogP contribution in [0.2, 0.25) is 0 Å². The molecular formula is C84H118O32P2. The van der Waals surface area contributed by atoms with Gasteiger partial charge in [-0.3, -0.25) is 18.1 Å². The third-order valence-corrected chi connectivity index (χ3v) is 19.5. The Morgan fingerprint density at radius 2 is 0.449 bits per heavy atom. The van der Waals surface area contributed by atoms with Crippen molar-refractivity contribution >= 4 is 15.6 Å². The summed E-state index contributed by atoms with van der Waals surface area (Å²) < 4.78 is 199. The molecule has 0 radical (unpaired) electrons. The van der Waals surface area contributed by atoms with E-state index in [1.807, 2.05) is 121 Å². The molecular weight excluding hydrogens is 1580 g/mol. The zero-order chi connectivity index (χ0) is 82.1. The summed E-state index contributed by atoms with van der Waals surface area (Å²) in [4.78, 5) is 24.2. The normalized spacial score (nSPS) is 22.9. The molecule has 9 rings (SSSR count). The lowest BCUT2D eigenvalue weighted by atomic mass is 9.98. The molecule has 6 aromatic rings. The maximum absolute atomic E-state index is 14.9. The quantitative estimate of drug-likeness (QED) is 0.0265. The fraction of sp³-hybridized carbons (Fsp3) is 0.571. The lowest BCUT2D eigenvalue weighted by Gasteiger charge is -2.47. The first kappa shape index (κ1) is 96.1. The molecule has 2 N–H and O–H groups in total. The number of hydrogen-bond acceptors (Lipinski definition) is 30. The second-order valence-corrected chi connectivity index (χ2v) is 29.3. The van der Waals surface area contributed by atoms with Gasteiger partial charge in [-0.2, -0.15) is 0 Å². The molecule has 3 saturated heterocycles. The van der Waals surface area contributed by atoms with E-state index in [9.17, 15) is 18.9 Å². The Morgan fingerprint density at radius 3 is 0.678 bits per heavy atom. The number of phosphoric ester groups is 2. The molecule has 3 heterocycles. The Morgan fingerprint density at radius 1 is 0.254 bits per heavy atom. The minimum absolute atomic E-state index is 0.0230. The topological polar surface area (TPSA) is 333 Å². The number of ether oxygens (including phenoxy) is 24. The third-order valence-electron chi connectivity index (χ3n) is 17.5. The standard InChI is InChI=1S/C84H118O32P2/c85-117(86)110-68-76-78(80(106-60-56-98-44-40-90-32-36-94-48-52-102-64-70-21-9-2-10-22-70)82(84(114-76)112-74-29-17-6-18-30-74)108-62-58-100-46-42-92-34-38-96-50-54-104-66-72-25-13-4-14-26-72)116-118(87,88)109-67-75-77(115-117)79(105-59-55-97-43-39-89-31-35-93-47-51-101-63-69-19-7-1-8-20-69)81(83(113-75)111-73-27-15-5-16-28-73)107-61-57-99-45-41-91-33-37-95-49-53-103-65-71-23-11-3-12-24-71/h1-30,75-84H,31-68H2,(H,85,86)(H,87,88)/t75-,76-,77-,78-,79+,80+,81-,82-,83-,84-/m1/s1. The summed E-state index contributed by atoms with van der Waals surface area (Å²) in [6.07, 6.45) is -14.8. The smallest absolute Gasteiger partial charge is 0.462 e. The van der Waals surface area contributed by atoms with Crippen molar-refractivity contribution in [1.82, 2.24) is 0 Å². The fourth-order valence-corrected chi connectivity index (χ4v) is 13.8. The van der Waals surface area contributed by atoms with Crippen molar-refractivity contribution in [3.8, 4) is 11.5 Å². The van der Waals surface area contributed by atoms with Gasteiger partial charge in [0.25, 0.3) is 0 Å². The molecule has 0 aromatic heterocycles. The second-order valence-electron chi connectivity index (χ2n) is 26.5. The first-order chi connectivity index (χ1) is 58.1. The molecule has 0 aliphatic carbocycles. The van der Waals surface area contributed by atoms with E-state index in [-0.39, 0.29) is 106 Å². The highest BCUT2D eigenvalue weighted by Gasteiger charge is 2.56. The number of phosphoric acid groups is 2. The summed E-state index contributed by atoms with van der Waals surface area (Å²) >= 11 is 0. The van der Waals surface area contributed by atoms with E-state index < -0.39 is 90.3 Å². The Labute approximate surface area is 691 Å². The average molecular weight is 1700 g/mol. The van der Waals surface area contributed by atoms with E-state index in [4.69, 9.17) is 132 Å². The van der Waals surface area contributed by atoms with Crippen molar-refractivity contribution in [2.24, 2.45) is 0 Å². The summed E-state index contributed by atoms with van der Waals surface area (Å²) in [6, 6.07) is 56.7. The van der Waals surface area contributed by atoms with Gasteiger partial charge in [0.2, 0.25) is 12.6 Å². The minimum Gasteiger partial charge on any atom is -0.462 e. The van der Waals surface area contributed by atoms with E-state index in [1.165, 1.54) is 0 Å². The van der Waals surface area contributed by atoms with E-state index >= 15 is 0 Å². The van der Waals surface area contributed by atoms with Crippen molar-refractivity contribution < 1.29 is 151 Å². The lowest BCUT2D eigenvalue weighted by Crippen LogP contribution is -2.63. The molecule has 32 nitrogen and oxygen atoms in total. The molecule has 2 unspecified atom stereocenters. The van der Waals surface area contributed by atoms with Gasteiger partial charge < -0.3 is 123 Å². The monoisotopic (exact) mass is 1700 g/mol. The first-order valence-electron chi connectivity index (χ1n) is 40.1. The highest BCUT2D eigenvalue weighted by Crippen LogP contribution is 2.53. The molecule has 0 spiro atoms. The molecule has 0 saturated carbocycles. The van der Waals surface area contributed by atoms with Crippen LogP contribution in [0.25, 0.3) is 0 Å². The molecule has 3 fully saturated rings. The molecule has 118 heavy (non-hydrogen) atoms. The average Bonchev–Trinajstić information content (AvgIpc) is 0.772. The SMILES string of the molecule is O=P1(O)OC[C@H]2O[C@@H](Oc3ccccc3)[C@H](OCCOCCOCCOCCOCc3ccccc3)[C@@H](OCCOCCOCCOCCOCc3ccccc3)[C@@H]2OP(=O)(O)OC[C@H]2O[C@@H](Oc3ccccc3)[C@H](OCCOCCOCCOCCOCc3ccccc3)[C@@H](OCCOCCOCCOCCOCc3ccccc3)[C@@H]2O1. The molecule has 6 aromatic carbocycles. The zero-order valence-electron chi connectivity index (χ0n) is 67.0. The Balaban J connectivity index is 0.842. The van der Waals surface area contributed by atoms with Crippen LogP contribution in [-0.4, -0.2) is 296 Å². The number of hydrogen-bond donors (Lipinski definition) is 2. The number of benzene rings is 6. The summed E-state index contributed by atoms with van der Waals surface area (Å²) in [5.74, 6) is 0.630. The Hall–Kier alpha value is -5.74. The van der Waals surface area contributed by atoms with Crippen LogP contribution < -0.4 is 9.47 Å². The molecule has 0 amide bonds. The van der Waals surface area contributed by atoms with Gasteiger partial charge >= 0.3 is 15.6 Å². The van der Waals surface area contributed by atoms with Crippen molar-refractivity contribution in [3.63, 3.8) is 0 Å². The van der Waals surface area contributed by atoms with E-state index in [0.29, 0.717) is 144 Å². The predicted molar refractivity (Wildman–Crippen MR) is 426 cm³/mol. The largest absolute Gasteiger partial charge is 0.472 e. The maximum Gasteiger partial charge on any atom is 0.472 e. The van der Waals surface area contributed by atoms with E-state index in [1.54, 1.807) is 60.7 Å². The molecule has 656 valence electrons. The second kappa shape index (κ2) is 59.9. The van der Waals surface area contributed by atoms with Gasteiger partial charge in [0.05, 0.1) is 251 Å². The van der Waals surface area contributed by atoms with E-state index in [0.717, 1.165) is 22.3 Å². The fourth-order valence-electron chi connectivity index (χ4n) is 11.8. The van der Waals surface area contributed by atoms with Crippen LogP contribution in [0.1, 0.15) is 22.3 Å². The molecule has 12 atom stereocenters. The minimum atomic E-state index is -5.36. The Bertz CT molecular complexity index is 3280. The van der Waals surface area contributed by atoms with Crippen LogP contribution in [0.5, 0.6) is 11.5 Å². The van der Waals surface area contributed by atoms with Crippen molar-refractivity contribution in [3.05, 3.63) is 204 Å². The van der Waals surface area contributed by atoms with Gasteiger partial charge in [0, 0.05) is 0 Å². The predicted octanol–water partition coefficient (Wildman–Crippen LogP) is 9.22. The molecule has 0 bridgehead atoms. The number of rotatable bonds is 64. The van der Waals surface area contributed by atoms with Gasteiger partial charge in [0.15, 0.2) is 0 Å². The Kier molecular flexibility index (Phi) is 48.8. The summed E-state index contributed by atoms with van der Waals surface area (Å²) in [7, 11) is -10.7. The first-order valence-corrected chi connectivity index (χ1v) is 43.1. The van der Waals surface area contributed by atoms with Crippen LogP contribution in [-0.2, 0) is 158 Å². The third kappa shape index (κ3) is 40.5. The highest BCUT2D eigenvalue weighted by molar-refractivity contribution is 7.47. The zero-order valence-corrected chi connectivity index (χ0v) is 68.8.